The maximum absolute atomic E-state index is 12.2. The Morgan fingerprint density at radius 2 is 1.77 bits per heavy atom. The van der Waals surface area contributed by atoms with Gasteiger partial charge in [-0.25, -0.2) is 0 Å². The molecule has 2 aromatic carbocycles. The molecule has 1 N–H and O–H groups in total. The normalized spacial score (nSPS) is 17.3. The molecule has 0 radical (unpaired) electrons. The first-order chi connectivity index (χ1) is 10.6. The first-order valence-corrected chi connectivity index (χ1v) is 7.12. The molecule has 1 aliphatic rings. The molecule has 1 aliphatic heterocycles. The molecule has 3 nitrogen and oxygen atoms in total. The van der Waals surface area contributed by atoms with Gasteiger partial charge in [-0.1, -0.05) is 35.9 Å². The Balaban J connectivity index is 1.82. The summed E-state index contributed by atoms with van der Waals surface area (Å²) < 4.78 is 28.7. The van der Waals surface area contributed by atoms with Crippen LogP contribution in [0.25, 0.3) is 0 Å². The minimum Gasteiger partial charge on any atom is -0.435 e. The molecular formula is C16H13ClF2N2O. The molecule has 3 rings (SSSR count). The topological polar surface area (TPSA) is 33.6 Å². The lowest BCUT2D eigenvalue weighted by Gasteiger charge is -2.13. The summed E-state index contributed by atoms with van der Waals surface area (Å²) in [5.41, 5.74) is 5.85. The van der Waals surface area contributed by atoms with Crippen molar-refractivity contribution in [2.45, 2.75) is 12.5 Å². The van der Waals surface area contributed by atoms with Gasteiger partial charge in [0, 0.05) is 17.5 Å². The molecule has 0 aromatic heterocycles. The highest BCUT2D eigenvalue weighted by atomic mass is 35.5. The van der Waals surface area contributed by atoms with Crippen LogP contribution in [-0.2, 0) is 0 Å². The van der Waals surface area contributed by atoms with Crippen molar-refractivity contribution >= 4 is 17.3 Å². The number of hydrazone groups is 1. The zero-order valence-electron chi connectivity index (χ0n) is 11.5. The summed E-state index contributed by atoms with van der Waals surface area (Å²) >= 11 is 5.90. The molecule has 0 saturated heterocycles. The number of ether oxygens (including phenoxy) is 1. The Bertz CT molecular complexity index is 672. The van der Waals surface area contributed by atoms with Crippen molar-refractivity contribution in [3.8, 4) is 5.75 Å². The quantitative estimate of drug-likeness (QED) is 0.922. The van der Waals surface area contributed by atoms with E-state index in [0.717, 1.165) is 16.8 Å². The van der Waals surface area contributed by atoms with Crippen LogP contribution in [0.5, 0.6) is 5.75 Å². The van der Waals surface area contributed by atoms with Crippen molar-refractivity contribution in [3.05, 3.63) is 64.7 Å². The Morgan fingerprint density at radius 3 is 2.41 bits per heavy atom. The lowest BCUT2D eigenvalue weighted by Crippen LogP contribution is -2.14. The maximum Gasteiger partial charge on any atom is 0.387 e. The predicted molar refractivity (Wildman–Crippen MR) is 81.8 cm³/mol. The average Bonchev–Trinajstić information content (AvgIpc) is 2.97. The van der Waals surface area contributed by atoms with Crippen LogP contribution in [0.15, 0.2) is 53.6 Å². The summed E-state index contributed by atoms with van der Waals surface area (Å²) in [5, 5.41) is 5.00. The minimum atomic E-state index is -2.81. The molecule has 1 heterocycles. The predicted octanol–water partition coefficient (Wildman–Crippen LogP) is 4.03. The van der Waals surface area contributed by atoms with Crippen LogP contribution in [0.2, 0.25) is 5.02 Å². The van der Waals surface area contributed by atoms with Gasteiger partial charge in [-0.3, -0.25) is 0 Å². The number of nitrogens with one attached hydrogen (secondary N) is 1. The van der Waals surface area contributed by atoms with Crippen molar-refractivity contribution in [2.75, 3.05) is 6.54 Å². The van der Waals surface area contributed by atoms with E-state index in [1.807, 2.05) is 24.3 Å². The second kappa shape index (κ2) is 6.32. The second-order valence-corrected chi connectivity index (χ2v) is 5.30. The average molecular weight is 323 g/mol. The largest absolute Gasteiger partial charge is 0.435 e. The van der Waals surface area contributed by atoms with Gasteiger partial charge in [0.1, 0.15) is 5.75 Å². The summed E-state index contributed by atoms with van der Waals surface area (Å²) in [6.07, 6.45) is 0. The lowest BCUT2D eigenvalue weighted by molar-refractivity contribution is -0.0498. The summed E-state index contributed by atoms with van der Waals surface area (Å²) in [7, 11) is 0. The van der Waals surface area contributed by atoms with E-state index in [0.29, 0.717) is 11.6 Å². The monoisotopic (exact) mass is 322 g/mol. The summed E-state index contributed by atoms with van der Waals surface area (Å²) in [6, 6.07) is 14.1. The maximum atomic E-state index is 12.2. The van der Waals surface area contributed by atoms with Crippen LogP contribution in [0.4, 0.5) is 8.78 Å². The van der Waals surface area contributed by atoms with Gasteiger partial charge in [-0.05, 0) is 35.4 Å². The summed E-state index contributed by atoms with van der Waals surface area (Å²) in [5.74, 6) is 0.205. The Hall–Kier alpha value is -2.14. The standard InChI is InChI=1S/C16H13ClF2N2O/c17-12-5-1-11(2-6-12)15-14(9-20-21-15)10-3-7-13(8-4-10)22-16(18)19/h1-8,14,16,20H,9H2. The third kappa shape index (κ3) is 3.20. The van der Waals surface area contributed by atoms with Crippen molar-refractivity contribution in [1.82, 2.24) is 5.43 Å². The number of benzene rings is 2. The molecule has 0 fully saturated rings. The van der Waals surface area contributed by atoms with E-state index < -0.39 is 6.61 Å². The molecule has 0 aliphatic carbocycles. The van der Waals surface area contributed by atoms with Crippen LogP contribution in [0, 0.1) is 0 Å². The fourth-order valence-corrected chi connectivity index (χ4v) is 2.57. The Labute approximate surface area is 131 Å². The van der Waals surface area contributed by atoms with E-state index in [1.54, 1.807) is 24.3 Å². The van der Waals surface area contributed by atoms with Gasteiger partial charge in [0.15, 0.2) is 0 Å². The summed E-state index contributed by atoms with van der Waals surface area (Å²) in [4.78, 5) is 0. The fourth-order valence-electron chi connectivity index (χ4n) is 2.44. The van der Waals surface area contributed by atoms with Gasteiger partial charge in [0.2, 0.25) is 0 Å². The Morgan fingerprint density at radius 1 is 1.09 bits per heavy atom. The number of hydrogen-bond acceptors (Lipinski definition) is 3. The van der Waals surface area contributed by atoms with Gasteiger partial charge in [0.05, 0.1) is 5.71 Å². The molecule has 2 aromatic rings. The second-order valence-electron chi connectivity index (χ2n) is 4.87. The number of hydrogen-bond donors (Lipinski definition) is 1. The van der Waals surface area contributed by atoms with Gasteiger partial charge in [-0.2, -0.15) is 13.9 Å². The van der Waals surface area contributed by atoms with Gasteiger partial charge in [-0.15, -0.1) is 0 Å². The number of halogens is 3. The molecule has 0 spiro atoms. The van der Waals surface area contributed by atoms with Gasteiger partial charge in [0.25, 0.3) is 0 Å². The fraction of sp³-hybridized carbons (Fsp3) is 0.188. The van der Waals surface area contributed by atoms with Crippen LogP contribution < -0.4 is 10.2 Å². The van der Waals surface area contributed by atoms with Crippen LogP contribution in [0.1, 0.15) is 17.0 Å². The number of rotatable bonds is 4. The van der Waals surface area contributed by atoms with Crippen LogP contribution in [-0.4, -0.2) is 18.9 Å². The van der Waals surface area contributed by atoms with E-state index in [1.165, 1.54) is 0 Å². The molecule has 0 amide bonds. The molecule has 1 atom stereocenters. The molecule has 0 bridgehead atoms. The van der Waals surface area contributed by atoms with Crippen molar-refractivity contribution < 1.29 is 13.5 Å². The highest BCUT2D eigenvalue weighted by Gasteiger charge is 2.24. The van der Waals surface area contributed by atoms with Crippen molar-refractivity contribution in [3.63, 3.8) is 0 Å². The lowest BCUT2D eigenvalue weighted by atomic mass is 9.91. The van der Waals surface area contributed by atoms with Gasteiger partial charge < -0.3 is 10.2 Å². The molecular weight excluding hydrogens is 310 g/mol. The molecule has 1 unspecified atom stereocenters. The minimum absolute atomic E-state index is 0.0572. The Kier molecular flexibility index (Phi) is 4.24. The molecule has 6 heteroatoms. The molecule has 114 valence electrons. The zero-order chi connectivity index (χ0) is 15.5. The summed E-state index contributed by atoms with van der Waals surface area (Å²) in [6.45, 7) is -2.15. The van der Waals surface area contributed by atoms with E-state index in [4.69, 9.17) is 11.6 Å². The van der Waals surface area contributed by atoms with E-state index in [9.17, 15) is 8.78 Å². The SMILES string of the molecule is FC(F)Oc1ccc(C2CNN=C2c2ccc(Cl)cc2)cc1. The first kappa shape index (κ1) is 14.8. The number of nitrogens with zero attached hydrogens (tertiary/aromatic N) is 1. The highest BCUT2D eigenvalue weighted by Crippen LogP contribution is 2.27. The third-order valence-electron chi connectivity index (χ3n) is 3.47. The highest BCUT2D eigenvalue weighted by molar-refractivity contribution is 6.30. The van der Waals surface area contributed by atoms with E-state index in [-0.39, 0.29) is 11.7 Å². The van der Waals surface area contributed by atoms with Crippen molar-refractivity contribution in [1.29, 1.82) is 0 Å². The van der Waals surface area contributed by atoms with E-state index in [2.05, 4.69) is 15.3 Å². The van der Waals surface area contributed by atoms with Crippen LogP contribution in [0.3, 0.4) is 0 Å². The van der Waals surface area contributed by atoms with Crippen LogP contribution >= 0.6 is 11.6 Å². The van der Waals surface area contributed by atoms with E-state index >= 15 is 0 Å². The first-order valence-electron chi connectivity index (χ1n) is 6.74. The smallest absolute Gasteiger partial charge is 0.387 e. The zero-order valence-corrected chi connectivity index (χ0v) is 12.2. The van der Waals surface area contributed by atoms with Gasteiger partial charge >= 0.3 is 6.61 Å². The molecule has 0 saturated carbocycles. The third-order valence-corrected chi connectivity index (χ3v) is 3.72. The molecule has 22 heavy (non-hydrogen) atoms. The number of alkyl halides is 2. The van der Waals surface area contributed by atoms with Crippen molar-refractivity contribution in [2.24, 2.45) is 5.10 Å².